The van der Waals surface area contributed by atoms with Crippen molar-refractivity contribution in [2.24, 2.45) is 0 Å². The molecule has 0 aliphatic rings. The fourth-order valence-electron chi connectivity index (χ4n) is 4.31. The summed E-state index contributed by atoms with van der Waals surface area (Å²) in [4.78, 5) is 27.0. The Morgan fingerprint density at radius 3 is 1.89 bits per heavy atom. The maximum absolute atomic E-state index is 14.1. The van der Waals surface area contributed by atoms with Gasteiger partial charge in [0.25, 0.3) is 5.56 Å². The lowest BCUT2D eigenvalue weighted by molar-refractivity contribution is 0.587. The number of H-pyrrole nitrogens is 1. The molecule has 0 saturated carbocycles. The summed E-state index contributed by atoms with van der Waals surface area (Å²) in [5.74, 6) is 0. The average molecular weight is 530 g/mol. The lowest BCUT2D eigenvalue weighted by Crippen LogP contribution is -2.33. The van der Waals surface area contributed by atoms with Gasteiger partial charge in [0.1, 0.15) is 12.7 Å². The van der Waals surface area contributed by atoms with Crippen LogP contribution in [0.3, 0.4) is 0 Å². The molecule has 37 heavy (non-hydrogen) atoms. The van der Waals surface area contributed by atoms with Crippen LogP contribution in [0.5, 0.6) is 0 Å². The van der Waals surface area contributed by atoms with Crippen molar-refractivity contribution in [2.45, 2.75) is 6.54 Å². The van der Waals surface area contributed by atoms with E-state index in [0.29, 0.717) is 37.9 Å². The van der Waals surface area contributed by atoms with E-state index in [2.05, 4.69) is 20.4 Å². The summed E-state index contributed by atoms with van der Waals surface area (Å²) < 4.78 is 4.44. The van der Waals surface area contributed by atoms with Gasteiger partial charge in [-0.1, -0.05) is 59.6 Å². The molecule has 182 valence electrons. The van der Waals surface area contributed by atoms with Crippen LogP contribution in [-0.2, 0) is 6.54 Å². The quantitative estimate of drug-likeness (QED) is 0.355. The molecule has 6 aromatic rings. The summed E-state index contributed by atoms with van der Waals surface area (Å²) in [6.45, 7) is 0.138. The van der Waals surface area contributed by atoms with E-state index in [1.807, 2.05) is 24.3 Å². The van der Waals surface area contributed by atoms with Crippen LogP contribution >= 0.6 is 23.2 Å². The second-order valence-corrected chi connectivity index (χ2v) is 9.20. The molecule has 0 radical (unpaired) electrons. The first kappa shape index (κ1) is 23.0. The number of aromatic nitrogens is 7. The van der Waals surface area contributed by atoms with E-state index in [4.69, 9.17) is 23.2 Å². The molecule has 9 nitrogen and oxygen atoms in total. The minimum Gasteiger partial charge on any atom is -0.288 e. The second-order valence-electron chi connectivity index (χ2n) is 8.33. The maximum atomic E-state index is 14.1. The van der Waals surface area contributed by atoms with Crippen LogP contribution in [0.1, 0.15) is 5.56 Å². The molecule has 0 aliphatic carbocycles. The van der Waals surface area contributed by atoms with Crippen molar-refractivity contribution in [3.8, 4) is 27.9 Å². The van der Waals surface area contributed by atoms with E-state index in [-0.39, 0.29) is 12.1 Å². The fraction of sp³-hybridized carbons (Fsp3) is 0.0385. The third-order valence-electron chi connectivity index (χ3n) is 6.07. The van der Waals surface area contributed by atoms with Crippen molar-refractivity contribution >= 4 is 28.8 Å². The van der Waals surface area contributed by atoms with Crippen molar-refractivity contribution in [1.29, 1.82) is 0 Å². The van der Waals surface area contributed by atoms with Gasteiger partial charge in [-0.05, 0) is 53.1 Å². The Labute approximate surface area is 219 Å². The van der Waals surface area contributed by atoms with Gasteiger partial charge >= 0.3 is 5.69 Å². The van der Waals surface area contributed by atoms with Crippen molar-refractivity contribution in [2.75, 3.05) is 0 Å². The first-order valence-corrected chi connectivity index (χ1v) is 12.0. The van der Waals surface area contributed by atoms with Crippen LogP contribution in [0.25, 0.3) is 33.6 Å². The summed E-state index contributed by atoms with van der Waals surface area (Å²) in [5, 5.41) is 15.5. The van der Waals surface area contributed by atoms with Crippen molar-refractivity contribution in [3.63, 3.8) is 0 Å². The first-order chi connectivity index (χ1) is 18.0. The van der Waals surface area contributed by atoms with Gasteiger partial charge in [0.15, 0.2) is 5.65 Å². The highest BCUT2D eigenvalue weighted by molar-refractivity contribution is 6.31. The van der Waals surface area contributed by atoms with Crippen LogP contribution in [0.2, 0.25) is 10.0 Å². The maximum Gasteiger partial charge on any atom is 0.363 e. The Balaban J connectivity index is 1.58. The summed E-state index contributed by atoms with van der Waals surface area (Å²) >= 11 is 12.2. The van der Waals surface area contributed by atoms with Crippen LogP contribution in [-0.4, -0.2) is 34.2 Å². The number of nitrogens with one attached hydrogen (secondary N) is 1. The average Bonchev–Trinajstić information content (AvgIpc) is 3.58. The van der Waals surface area contributed by atoms with E-state index in [9.17, 15) is 9.59 Å². The summed E-state index contributed by atoms with van der Waals surface area (Å²) in [5.41, 5.74) is 3.37. The molecule has 0 aliphatic heterocycles. The smallest absolute Gasteiger partial charge is 0.288 e. The largest absolute Gasteiger partial charge is 0.363 e. The first-order valence-electron chi connectivity index (χ1n) is 11.2. The standard InChI is InChI=1S/C26H17Cl2N7O2/c27-19-7-3-17(4-8-19)22-23(18-5-9-20(28)10-6-18)25(36)34(35-24(22)31-32-26(35)37)13-16-1-11-21(12-2-16)33-14-29-30-15-33/h1-12,14-15H,13H2,(H,32,37). The minimum atomic E-state index is -0.522. The summed E-state index contributed by atoms with van der Waals surface area (Å²) in [7, 11) is 0. The molecule has 3 aromatic heterocycles. The van der Waals surface area contributed by atoms with Crippen molar-refractivity contribution in [3.05, 3.63) is 122 Å². The van der Waals surface area contributed by atoms with Crippen LogP contribution in [0, 0.1) is 0 Å². The zero-order valence-corrected chi connectivity index (χ0v) is 20.6. The molecule has 0 atom stereocenters. The zero-order chi connectivity index (χ0) is 25.5. The lowest BCUT2D eigenvalue weighted by atomic mass is 9.96. The van der Waals surface area contributed by atoms with Gasteiger partial charge < -0.3 is 0 Å². The number of rotatable bonds is 5. The number of hydrogen-bond donors (Lipinski definition) is 1. The summed E-state index contributed by atoms with van der Waals surface area (Å²) in [6, 6.07) is 21.6. The molecule has 0 amide bonds. The monoisotopic (exact) mass is 529 g/mol. The number of fused-ring (bicyclic) bond motifs is 1. The molecule has 0 unspecified atom stereocenters. The molecule has 0 saturated heterocycles. The van der Waals surface area contributed by atoms with Crippen LogP contribution < -0.4 is 11.2 Å². The van der Waals surface area contributed by atoms with E-state index >= 15 is 0 Å². The highest BCUT2D eigenvalue weighted by Crippen LogP contribution is 2.33. The molecule has 11 heteroatoms. The molecule has 1 N–H and O–H groups in total. The predicted molar refractivity (Wildman–Crippen MR) is 141 cm³/mol. The van der Waals surface area contributed by atoms with Gasteiger partial charge in [0.2, 0.25) is 0 Å². The topological polar surface area (TPSA) is 103 Å². The Kier molecular flexibility index (Phi) is 5.71. The minimum absolute atomic E-state index is 0.138. The molecular formula is C26H17Cl2N7O2. The highest BCUT2D eigenvalue weighted by atomic mass is 35.5. The molecule has 3 heterocycles. The van der Waals surface area contributed by atoms with E-state index < -0.39 is 5.69 Å². The SMILES string of the molecule is O=c1c(-c2ccc(Cl)cc2)c(-c2ccc(Cl)cc2)c2n[nH]c(=O)n2n1Cc1ccc(-n2cnnc2)cc1. The van der Waals surface area contributed by atoms with Gasteiger partial charge in [-0.2, -0.15) is 9.61 Å². The van der Waals surface area contributed by atoms with E-state index in [1.54, 1.807) is 65.8 Å². The molecule has 0 bridgehead atoms. The number of nitrogens with zero attached hydrogens (tertiary/aromatic N) is 6. The number of hydrogen-bond acceptors (Lipinski definition) is 5. The molecule has 3 aromatic carbocycles. The Morgan fingerprint density at radius 2 is 1.30 bits per heavy atom. The third kappa shape index (κ3) is 4.14. The van der Waals surface area contributed by atoms with E-state index in [1.165, 1.54) is 9.20 Å². The predicted octanol–water partition coefficient (Wildman–Crippen LogP) is 4.45. The molecule has 6 rings (SSSR count). The van der Waals surface area contributed by atoms with Crippen LogP contribution in [0.15, 0.2) is 95.0 Å². The number of halogens is 2. The molecule has 0 spiro atoms. The van der Waals surface area contributed by atoms with Crippen molar-refractivity contribution < 1.29 is 0 Å². The third-order valence-corrected chi connectivity index (χ3v) is 6.57. The number of benzene rings is 3. The normalized spacial score (nSPS) is 11.3. The summed E-state index contributed by atoms with van der Waals surface area (Å²) in [6.07, 6.45) is 3.20. The molecule has 0 fully saturated rings. The van der Waals surface area contributed by atoms with Crippen molar-refractivity contribution in [1.82, 2.24) is 34.2 Å². The zero-order valence-electron chi connectivity index (χ0n) is 19.0. The lowest BCUT2D eigenvalue weighted by Gasteiger charge is -2.16. The van der Waals surface area contributed by atoms with Gasteiger partial charge in [0.05, 0.1) is 12.1 Å². The fourth-order valence-corrected chi connectivity index (χ4v) is 4.57. The molecular weight excluding hydrogens is 513 g/mol. The van der Waals surface area contributed by atoms with Gasteiger partial charge in [-0.25, -0.2) is 14.6 Å². The second kappa shape index (κ2) is 9.20. The van der Waals surface area contributed by atoms with Gasteiger partial charge in [-0.3, -0.25) is 9.36 Å². The Morgan fingerprint density at radius 1 is 0.730 bits per heavy atom. The van der Waals surface area contributed by atoms with E-state index in [0.717, 1.165) is 11.3 Å². The van der Waals surface area contributed by atoms with Gasteiger partial charge in [0, 0.05) is 21.3 Å². The Bertz CT molecular complexity index is 1840. The van der Waals surface area contributed by atoms with Crippen LogP contribution in [0.4, 0.5) is 0 Å². The highest BCUT2D eigenvalue weighted by Gasteiger charge is 2.23. The van der Waals surface area contributed by atoms with Gasteiger partial charge in [-0.15, -0.1) is 10.2 Å². The number of aromatic amines is 1. The Hall–Kier alpha value is -4.47.